The van der Waals surface area contributed by atoms with Gasteiger partial charge in [-0.15, -0.1) is 0 Å². The number of ether oxygens (including phenoxy) is 1. The summed E-state index contributed by atoms with van der Waals surface area (Å²) < 4.78 is 5.35. The third-order valence-corrected chi connectivity index (χ3v) is 7.72. The summed E-state index contributed by atoms with van der Waals surface area (Å²) in [5.74, 6) is 1.22. The number of aryl methyl sites for hydroxylation is 4. The van der Waals surface area contributed by atoms with Crippen molar-refractivity contribution < 1.29 is 4.74 Å². The van der Waals surface area contributed by atoms with E-state index in [0.29, 0.717) is 23.4 Å². The van der Waals surface area contributed by atoms with Gasteiger partial charge in [0.25, 0.3) is 0 Å². The summed E-state index contributed by atoms with van der Waals surface area (Å²) in [4.78, 5) is 30.0. The van der Waals surface area contributed by atoms with Gasteiger partial charge in [-0.1, -0.05) is 71.3 Å². The first-order valence-corrected chi connectivity index (χ1v) is 19.0. The van der Waals surface area contributed by atoms with Gasteiger partial charge in [0.2, 0.25) is 5.88 Å². The monoisotopic (exact) mass is 733 g/mol. The maximum atomic E-state index is 5.84. The molecule has 1 fully saturated rings. The minimum absolute atomic E-state index is 0.572. The summed E-state index contributed by atoms with van der Waals surface area (Å²) in [5.41, 5.74) is 11.6. The zero-order valence-corrected chi connectivity index (χ0v) is 34.1. The normalized spacial score (nSPS) is 10.9. The van der Waals surface area contributed by atoms with E-state index in [2.05, 4.69) is 66.9 Å². The number of hydrogen-bond acceptors (Lipinski definition) is 8. The van der Waals surface area contributed by atoms with Crippen molar-refractivity contribution in [1.29, 1.82) is 0 Å². The second kappa shape index (κ2) is 24.2. The van der Waals surface area contributed by atoms with Crippen LogP contribution in [0.1, 0.15) is 95.4 Å². The molecule has 1 saturated carbocycles. The van der Waals surface area contributed by atoms with E-state index in [1.54, 1.807) is 31.0 Å². The highest BCUT2D eigenvalue weighted by Crippen LogP contribution is 2.39. The average molecular weight is 734 g/mol. The Balaban J connectivity index is 0.000000257. The van der Waals surface area contributed by atoms with Gasteiger partial charge in [-0.05, 0) is 88.9 Å². The Morgan fingerprint density at radius 3 is 1.68 bits per heavy atom. The second-order valence-corrected chi connectivity index (χ2v) is 11.8. The maximum Gasteiger partial charge on any atom is 0.232 e. The molecular formula is C44H56ClN7O. The van der Waals surface area contributed by atoms with Crippen LogP contribution in [-0.2, 0) is 0 Å². The van der Waals surface area contributed by atoms with Crippen molar-refractivity contribution in [2.45, 2.75) is 94.9 Å². The molecule has 8 nitrogen and oxygen atoms in total. The highest BCUT2D eigenvalue weighted by molar-refractivity contribution is 6.30. The summed E-state index contributed by atoms with van der Waals surface area (Å²) in [6.07, 6.45) is 16.7. The van der Waals surface area contributed by atoms with Crippen LogP contribution in [0.2, 0.25) is 5.02 Å². The Hall–Kier alpha value is -5.08. The van der Waals surface area contributed by atoms with E-state index in [1.165, 1.54) is 24.0 Å². The molecule has 53 heavy (non-hydrogen) atoms. The van der Waals surface area contributed by atoms with Crippen molar-refractivity contribution in [3.05, 3.63) is 131 Å². The summed E-state index contributed by atoms with van der Waals surface area (Å²) in [6.45, 7) is 22.7. The molecule has 0 atom stereocenters. The largest absolute Gasteiger partial charge is 0.477 e. The molecule has 0 spiro atoms. The lowest BCUT2D eigenvalue weighted by Gasteiger charge is -2.06. The number of hydrogen-bond donors (Lipinski definition) is 0. The van der Waals surface area contributed by atoms with Crippen molar-refractivity contribution in [2.24, 2.45) is 0 Å². The summed E-state index contributed by atoms with van der Waals surface area (Å²) in [5, 5.41) is 0.642. The number of pyridine rings is 3. The molecule has 0 radical (unpaired) electrons. The van der Waals surface area contributed by atoms with Crippen LogP contribution >= 0.6 is 11.6 Å². The average Bonchev–Trinajstić information content (AvgIpc) is 4.06. The van der Waals surface area contributed by atoms with Crippen molar-refractivity contribution >= 4 is 11.6 Å². The minimum atomic E-state index is 0.572. The molecule has 5 heterocycles. The fraction of sp³-hybridized carbons (Fsp3) is 0.341. The predicted molar refractivity (Wildman–Crippen MR) is 221 cm³/mol. The van der Waals surface area contributed by atoms with Crippen LogP contribution in [0, 0.1) is 27.7 Å². The number of halogens is 1. The Labute approximate surface area is 322 Å². The lowest BCUT2D eigenvalue weighted by atomic mass is 10.0. The van der Waals surface area contributed by atoms with E-state index < -0.39 is 0 Å². The van der Waals surface area contributed by atoms with Gasteiger partial charge < -0.3 is 4.74 Å². The third kappa shape index (κ3) is 14.8. The Morgan fingerprint density at radius 1 is 0.566 bits per heavy atom. The van der Waals surface area contributed by atoms with Gasteiger partial charge in [0, 0.05) is 70.5 Å². The smallest absolute Gasteiger partial charge is 0.232 e. The van der Waals surface area contributed by atoms with Crippen molar-refractivity contribution in [2.75, 3.05) is 6.61 Å². The van der Waals surface area contributed by atoms with Gasteiger partial charge in [-0.25, -0.2) is 9.97 Å². The number of rotatable bonds is 6. The zero-order valence-electron chi connectivity index (χ0n) is 33.4. The van der Waals surface area contributed by atoms with Gasteiger partial charge in [0.05, 0.1) is 47.3 Å². The Kier molecular flexibility index (Phi) is 20.1. The van der Waals surface area contributed by atoms with Gasteiger partial charge in [0.15, 0.2) is 0 Å². The van der Waals surface area contributed by atoms with Crippen LogP contribution in [0.15, 0.2) is 98.1 Å². The summed E-state index contributed by atoms with van der Waals surface area (Å²) in [7, 11) is 0. The number of benzene rings is 1. The standard InChI is InChI=1S/C14H16N2O.C13H13N3.C11H9ClN2.3C2H6/c1-4-17-14-9-15-8-13(16-14)12-6-5-10(2)11(3)7-12;1-9-2-3-11(6-15-9)13-8-14-7-12(16-13)10-4-5-10;1-8-2-3-9(6-14-8)10-4-11(12)7-13-5-10;3*1-2/h5-9H,4H2,1-3H3;2-3,6-8,10H,4-5H2,1H3;2-7H,1H3;3*1-2H3. The molecule has 6 aromatic rings. The summed E-state index contributed by atoms with van der Waals surface area (Å²) in [6, 6.07) is 16.2. The number of aromatic nitrogens is 7. The predicted octanol–water partition coefficient (Wildman–Crippen LogP) is 12.1. The lowest BCUT2D eigenvalue weighted by molar-refractivity contribution is 0.325. The molecule has 0 bridgehead atoms. The SMILES string of the molecule is CC.CC.CC.CCOc1cncc(-c2ccc(C)c(C)c2)n1.Cc1ccc(-c2cncc(C3CC3)n2)cn1.Cc1ccc(-c2cncc(Cl)c2)cn1. The van der Waals surface area contributed by atoms with Gasteiger partial charge in [-0.2, -0.15) is 0 Å². The zero-order chi connectivity index (χ0) is 39.2. The summed E-state index contributed by atoms with van der Waals surface area (Å²) >= 11 is 5.84. The molecule has 1 aromatic carbocycles. The van der Waals surface area contributed by atoms with Crippen LogP contribution in [0.25, 0.3) is 33.6 Å². The van der Waals surface area contributed by atoms with Crippen LogP contribution in [0.3, 0.4) is 0 Å². The lowest BCUT2D eigenvalue weighted by Crippen LogP contribution is -1.96. The maximum absolute atomic E-state index is 5.84. The first kappa shape index (κ1) is 44.1. The van der Waals surface area contributed by atoms with E-state index in [4.69, 9.17) is 16.3 Å². The van der Waals surface area contributed by atoms with Crippen LogP contribution in [-0.4, -0.2) is 41.5 Å². The van der Waals surface area contributed by atoms with Gasteiger partial charge in [0.1, 0.15) is 0 Å². The van der Waals surface area contributed by atoms with Crippen LogP contribution in [0.4, 0.5) is 0 Å². The second-order valence-electron chi connectivity index (χ2n) is 11.3. The fourth-order valence-corrected chi connectivity index (χ4v) is 4.70. The first-order chi connectivity index (χ1) is 25.8. The fourth-order valence-electron chi connectivity index (χ4n) is 4.53. The molecule has 0 unspecified atom stereocenters. The van der Waals surface area contributed by atoms with E-state index in [9.17, 15) is 0 Å². The third-order valence-electron chi connectivity index (χ3n) is 7.51. The molecule has 0 N–H and O–H groups in total. The molecule has 1 aliphatic rings. The van der Waals surface area contributed by atoms with Crippen LogP contribution < -0.4 is 4.74 Å². The van der Waals surface area contributed by atoms with Gasteiger partial charge >= 0.3 is 0 Å². The van der Waals surface area contributed by atoms with Gasteiger partial charge in [-0.3, -0.25) is 24.9 Å². The van der Waals surface area contributed by atoms with Crippen LogP contribution in [0.5, 0.6) is 5.88 Å². The molecule has 5 aromatic heterocycles. The van der Waals surface area contributed by atoms with E-state index in [-0.39, 0.29) is 0 Å². The van der Waals surface area contributed by atoms with E-state index in [1.807, 2.05) is 111 Å². The van der Waals surface area contributed by atoms with Crippen molar-refractivity contribution in [1.82, 2.24) is 34.9 Å². The van der Waals surface area contributed by atoms with Crippen molar-refractivity contribution in [3.63, 3.8) is 0 Å². The highest BCUT2D eigenvalue weighted by Gasteiger charge is 2.25. The van der Waals surface area contributed by atoms with Crippen molar-refractivity contribution in [3.8, 4) is 39.5 Å². The molecule has 280 valence electrons. The minimum Gasteiger partial charge on any atom is -0.477 e. The molecule has 0 aliphatic heterocycles. The Morgan fingerprint density at radius 2 is 1.13 bits per heavy atom. The number of nitrogens with zero attached hydrogens (tertiary/aromatic N) is 7. The molecule has 1 aliphatic carbocycles. The topological polar surface area (TPSA) is 99.5 Å². The molecular weight excluding hydrogens is 678 g/mol. The Bertz CT molecular complexity index is 1910. The van der Waals surface area contributed by atoms with E-state index in [0.717, 1.165) is 50.7 Å². The first-order valence-electron chi connectivity index (χ1n) is 18.6. The molecule has 0 saturated heterocycles. The molecule has 0 amide bonds. The quantitative estimate of drug-likeness (QED) is 0.167. The highest BCUT2D eigenvalue weighted by atomic mass is 35.5. The molecule has 7 rings (SSSR count). The molecule has 9 heteroatoms. The van der Waals surface area contributed by atoms with E-state index >= 15 is 0 Å².